The first-order valence-electron chi connectivity index (χ1n) is 8.30. The zero-order valence-electron chi connectivity index (χ0n) is 14.8. The van der Waals surface area contributed by atoms with Gasteiger partial charge in [-0.05, 0) is 47.9 Å². The summed E-state index contributed by atoms with van der Waals surface area (Å²) < 4.78 is 0. The average Bonchev–Trinajstić information content (AvgIpc) is 2.57. The van der Waals surface area contributed by atoms with Crippen LogP contribution in [0.2, 0.25) is 5.02 Å². The van der Waals surface area contributed by atoms with E-state index >= 15 is 0 Å². The van der Waals surface area contributed by atoms with Crippen LogP contribution in [0.25, 0.3) is 0 Å². The first-order chi connectivity index (χ1) is 11.9. The van der Waals surface area contributed by atoms with Gasteiger partial charge in [-0.15, -0.1) is 0 Å². The molecule has 0 radical (unpaired) electrons. The first-order valence-corrected chi connectivity index (χ1v) is 8.68. The van der Waals surface area contributed by atoms with Crippen LogP contribution in [0.3, 0.4) is 0 Å². The van der Waals surface area contributed by atoms with Crippen molar-refractivity contribution in [3.63, 3.8) is 0 Å². The molecule has 0 atom stereocenters. The molecule has 0 heterocycles. The van der Waals surface area contributed by atoms with E-state index in [2.05, 4.69) is 19.2 Å². The smallest absolute Gasteiger partial charge is 0.226 e. The quantitative estimate of drug-likeness (QED) is 0.802. The first kappa shape index (κ1) is 19.0. The Balaban J connectivity index is 1.98. The molecule has 5 heteroatoms. The van der Waals surface area contributed by atoms with Gasteiger partial charge in [0.1, 0.15) is 0 Å². The summed E-state index contributed by atoms with van der Waals surface area (Å²) in [6.07, 6.45) is 0.216. The summed E-state index contributed by atoms with van der Waals surface area (Å²) >= 11 is 5.83. The van der Waals surface area contributed by atoms with Gasteiger partial charge in [-0.2, -0.15) is 0 Å². The predicted octanol–water partition coefficient (Wildman–Crippen LogP) is 4.85. The summed E-state index contributed by atoms with van der Waals surface area (Å²) in [7, 11) is 0. The van der Waals surface area contributed by atoms with Gasteiger partial charge in [0, 0.05) is 36.3 Å². The molecule has 0 aliphatic carbocycles. The van der Waals surface area contributed by atoms with E-state index in [-0.39, 0.29) is 18.2 Å². The van der Waals surface area contributed by atoms with Crippen molar-refractivity contribution in [2.45, 2.75) is 33.1 Å². The van der Waals surface area contributed by atoms with Crippen molar-refractivity contribution < 1.29 is 9.59 Å². The minimum atomic E-state index is -0.146. The zero-order chi connectivity index (χ0) is 18.4. The Labute approximate surface area is 153 Å². The molecular weight excluding hydrogens is 336 g/mol. The molecule has 0 spiro atoms. The second-order valence-electron chi connectivity index (χ2n) is 6.22. The van der Waals surface area contributed by atoms with Gasteiger partial charge in [0.15, 0.2) is 0 Å². The fourth-order valence-corrected chi connectivity index (χ4v) is 2.60. The molecule has 25 heavy (non-hydrogen) atoms. The van der Waals surface area contributed by atoms with Crippen molar-refractivity contribution in [1.82, 2.24) is 0 Å². The minimum Gasteiger partial charge on any atom is -0.326 e. The predicted molar refractivity (Wildman–Crippen MR) is 103 cm³/mol. The second-order valence-corrected chi connectivity index (χ2v) is 6.66. The number of carbonyl (C=O) groups excluding carboxylic acids is 2. The van der Waals surface area contributed by atoms with Crippen molar-refractivity contribution in [2.75, 3.05) is 16.8 Å². The van der Waals surface area contributed by atoms with Gasteiger partial charge in [0.05, 0.1) is 0 Å². The molecule has 2 aromatic rings. The number of halogens is 1. The fraction of sp³-hybridized carbons (Fsp3) is 0.300. The van der Waals surface area contributed by atoms with Gasteiger partial charge in [0.25, 0.3) is 0 Å². The van der Waals surface area contributed by atoms with Crippen LogP contribution < -0.4 is 10.2 Å². The van der Waals surface area contributed by atoms with Gasteiger partial charge in [-0.1, -0.05) is 37.6 Å². The number of rotatable bonds is 6. The highest BCUT2D eigenvalue weighted by Gasteiger charge is 2.14. The van der Waals surface area contributed by atoms with E-state index in [0.29, 0.717) is 23.2 Å². The van der Waals surface area contributed by atoms with Crippen LogP contribution in [0, 0.1) is 0 Å². The largest absolute Gasteiger partial charge is 0.326 e. The number of carbonyl (C=O) groups is 2. The van der Waals surface area contributed by atoms with E-state index in [4.69, 9.17) is 11.6 Å². The molecule has 0 aliphatic heterocycles. The fourth-order valence-electron chi connectivity index (χ4n) is 2.48. The van der Waals surface area contributed by atoms with E-state index in [0.717, 1.165) is 5.69 Å². The summed E-state index contributed by atoms with van der Waals surface area (Å²) in [4.78, 5) is 25.7. The lowest BCUT2D eigenvalue weighted by Crippen LogP contribution is -2.31. The van der Waals surface area contributed by atoms with E-state index < -0.39 is 0 Å². The summed E-state index contributed by atoms with van der Waals surface area (Å²) in [5.41, 5.74) is 2.70. The third-order valence-electron chi connectivity index (χ3n) is 3.94. The molecular formula is C20H23ClN2O2. The van der Waals surface area contributed by atoms with E-state index in [9.17, 15) is 9.59 Å². The molecule has 2 aromatic carbocycles. The lowest BCUT2D eigenvalue weighted by atomic mass is 10.0. The Morgan fingerprint density at radius 1 is 1.04 bits per heavy atom. The summed E-state index contributed by atoms with van der Waals surface area (Å²) in [5, 5.41) is 3.42. The minimum absolute atomic E-state index is 0.0865. The molecule has 0 aromatic heterocycles. The van der Waals surface area contributed by atoms with Crippen molar-refractivity contribution in [2.24, 2.45) is 0 Å². The molecule has 0 saturated heterocycles. The maximum atomic E-state index is 12.1. The van der Waals surface area contributed by atoms with Crippen molar-refractivity contribution in [3.8, 4) is 0 Å². The van der Waals surface area contributed by atoms with Crippen LogP contribution in [0.15, 0.2) is 48.5 Å². The van der Waals surface area contributed by atoms with Crippen molar-refractivity contribution >= 4 is 34.8 Å². The highest BCUT2D eigenvalue weighted by atomic mass is 35.5. The number of hydrogen-bond donors (Lipinski definition) is 1. The van der Waals surface area contributed by atoms with E-state index in [1.54, 1.807) is 29.2 Å². The monoisotopic (exact) mass is 358 g/mol. The highest BCUT2D eigenvalue weighted by Crippen LogP contribution is 2.21. The number of anilines is 2. The Morgan fingerprint density at radius 3 is 2.16 bits per heavy atom. The Kier molecular flexibility index (Phi) is 6.59. The summed E-state index contributed by atoms with van der Waals surface area (Å²) in [6, 6.07) is 14.8. The number of nitrogens with one attached hydrogen (secondary N) is 1. The molecule has 1 N–H and O–H groups in total. The molecule has 0 bridgehead atoms. The van der Waals surface area contributed by atoms with Gasteiger partial charge in [0.2, 0.25) is 11.8 Å². The highest BCUT2D eigenvalue weighted by molar-refractivity contribution is 6.30. The van der Waals surface area contributed by atoms with Crippen LogP contribution in [0.4, 0.5) is 11.4 Å². The van der Waals surface area contributed by atoms with Gasteiger partial charge >= 0.3 is 0 Å². The second kappa shape index (κ2) is 8.67. The normalized spacial score (nSPS) is 10.6. The molecule has 0 aliphatic rings. The Bertz CT molecular complexity index is 724. The SMILES string of the molecule is CC(=O)N(CCC(=O)Nc1ccc(Cl)cc1)c1ccc(C(C)C)cc1. The number of benzene rings is 2. The zero-order valence-corrected chi connectivity index (χ0v) is 15.5. The molecule has 0 unspecified atom stereocenters. The average molecular weight is 359 g/mol. The van der Waals surface area contributed by atoms with Crippen molar-refractivity contribution in [3.05, 3.63) is 59.1 Å². The Morgan fingerprint density at radius 2 is 1.64 bits per heavy atom. The van der Waals surface area contributed by atoms with E-state index in [1.807, 2.05) is 24.3 Å². The van der Waals surface area contributed by atoms with Crippen LogP contribution in [0.1, 0.15) is 38.7 Å². The van der Waals surface area contributed by atoms with Gasteiger partial charge < -0.3 is 10.2 Å². The number of nitrogens with zero attached hydrogens (tertiary/aromatic N) is 1. The maximum absolute atomic E-state index is 12.1. The molecule has 0 fully saturated rings. The van der Waals surface area contributed by atoms with Gasteiger partial charge in [-0.3, -0.25) is 9.59 Å². The number of hydrogen-bond acceptors (Lipinski definition) is 2. The maximum Gasteiger partial charge on any atom is 0.226 e. The van der Waals surface area contributed by atoms with E-state index in [1.165, 1.54) is 12.5 Å². The van der Waals surface area contributed by atoms with Crippen LogP contribution in [-0.4, -0.2) is 18.4 Å². The van der Waals surface area contributed by atoms with Crippen molar-refractivity contribution in [1.29, 1.82) is 0 Å². The van der Waals surface area contributed by atoms with Crippen LogP contribution >= 0.6 is 11.6 Å². The summed E-state index contributed by atoms with van der Waals surface area (Å²) in [6.45, 7) is 6.08. The standard InChI is InChI=1S/C20H23ClN2O2/c1-14(2)16-4-10-19(11-5-16)23(15(3)24)13-12-20(25)22-18-8-6-17(21)7-9-18/h4-11,14H,12-13H2,1-3H3,(H,22,25). The molecule has 2 amide bonds. The molecule has 132 valence electrons. The third-order valence-corrected chi connectivity index (χ3v) is 4.19. The van der Waals surface area contributed by atoms with Gasteiger partial charge in [-0.25, -0.2) is 0 Å². The van der Waals surface area contributed by atoms with Crippen LogP contribution in [0.5, 0.6) is 0 Å². The molecule has 2 rings (SSSR count). The topological polar surface area (TPSA) is 49.4 Å². The Hall–Kier alpha value is -2.33. The van der Waals surface area contributed by atoms with Crippen LogP contribution in [-0.2, 0) is 9.59 Å². The molecule has 4 nitrogen and oxygen atoms in total. The summed E-state index contributed by atoms with van der Waals surface area (Å²) in [5.74, 6) is 0.203. The number of amides is 2. The lowest BCUT2D eigenvalue weighted by molar-refractivity contribution is -0.117. The molecule has 0 saturated carbocycles. The third kappa shape index (κ3) is 5.61. The lowest BCUT2D eigenvalue weighted by Gasteiger charge is -2.21.